The molecule has 5 heteroatoms. The summed E-state index contributed by atoms with van der Waals surface area (Å²) in [6.07, 6.45) is 1.75. The maximum atomic E-state index is 13.7. The van der Waals surface area contributed by atoms with Gasteiger partial charge in [-0.2, -0.15) is 0 Å². The number of ether oxygens (including phenoxy) is 1. The Labute approximate surface area is 176 Å². The van der Waals surface area contributed by atoms with E-state index in [4.69, 9.17) is 4.74 Å². The van der Waals surface area contributed by atoms with Crippen molar-refractivity contribution in [3.8, 4) is 5.69 Å². The molecule has 0 spiro atoms. The number of carbonyl (C=O) groups excluding carboxylic acids is 1. The van der Waals surface area contributed by atoms with Crippen LogP contribution < -0.4 is 10.9 Å². The van der Waals surface area contributed by atoms with E-state index >= 15 is 0 Å². The highest BCUT2D eigenvalue weighted by molar-refractivity contribution is 5.86. The third-order valence-corrected chi connectivity index (χ3v) is 5.32. The second kappa shape index (κ2) is 7.63. The van der Waals surface area contributed by atoms with E-state index in [1.165, 1.54) is 0 Å². The molecule has 1 N–H and O–H groups in total. The molecule has 1 aliphatic rings. The topological polar surface area (TPSA) is 60.3 Å². The number of aromatic nitrogens is 1. The highest BCUT2D eigenvalue weighted by Gasteiger charge is 2.28. The van der Waals surface area contributed by atoms with E-state index in [-0.39, 0.29) is 5.56 Å². The molecule has 30 heavy (non-hydrogen) atoms. The maximum Gasteiger partial charge on any atom is 0.408 e. The van der Waals surface area contributed by atoms with E-state index in [1.54, 1.807) is 4.57 Å². The van der Waals surface area contributed by atoms with E-state index in [1.807, 2.05) is 76.2 Å². The van der Waals surface area contributed by atoms with Crippen molar-refractivity contribution < 1.29 is 9.53 Å². The summed E-state index contributed by atoms with van der Waals surface area (Å²) in [6.45, 7) is 7.35. The number of hydrogen-bond acceptors (Lipinski definition) is 3. The Morgan fingerprint density at radius 3 is 2.43 bits per heavy atom. The zero-order valence-corrected chi connectivity index (χ0v) is 17.9. The van der Waals surface area contributed by atoms with Crippen LogP contribution in [0.25, 0.3) is 16.5 Å². The van der Waals surface area contributed by atoms with Gasteiger partial charge in [0.15, 0.2) is 0 Å². The Hall–Kier alpha value is -3.08. The van der Waals surface area contributed by atoms with Crippen LogP contribution in [0.2, 0.25) is 0 Å². The van der Waals surface area contributed by atoms with Gasteiger partial charge < -0.3 is 10.1 Å². The van der Waals surface area contributed by atoms with Crippen LogP contribution in [-0.4, -0.2) is 16.3 Å². The van der Waals surface area contributed by atoms with Gasteiger partial charge in [0.05, 0.1) is 11.4 Å². The fraction of sp³-hybridized carbons (Fsp3) is 0.360. The number of carbonyl (C=O) groups is 1. The van der Waals surface area contributed by atoms with Crippen LogP contribution in [0.4, 0.5) is 4.79 Å². The van der Waals surface area contributed by atoms with E-state index < -0.39 is 17.7 Å². The second-order valence-electron chi connectivity index (χ2n) is 9.00. The van der Waals surface area contributed by atoms with E-state index in [0.717, 1.165) is 40.6 Å². The normalized spacial score (nSPS) is 15.1. The van der Waals surface area contributed by atoms with Crippen molar-refractivity contribution in [2.75, 3.05) is 0 Å². The largest absolute Gasteiger partial charge is 0.444 e. The van der Waals surface area contributed by atoms with Crippen LogP contribution in [0.1, 0.15) is 63.8 Å². The molecule has 1 aromatic heterocycles. The number of alkyl carbamates (subject to hydrolysis) is 1. The highest BCUT2D eigenvalue weighted by atomic mass is 16.6. The molecule has 0 radical (unpaired) electrons. The van der Waals surface area contributed by atoms with E-state index in [0.29, 0.717) is 5.92 Å². The molecule has 4 rings (SSSR count). The van der Waals surface area contributed by atoms with Crippen molar-refractivity contribution in [1.82, 2.24) is 9.88 Å². The lowest BCUT2D eigenvalue weighted by molar-refractivity contribution is 0.0506. The standard InChI is InChI=1S/C25H28N2O3/c1-16(26-24(29)30-25(2,3)4)21-15-18-9-8-12-20(17-13-14-17)22(18)23(28)27(21)19-10-6-5-7-11-19/h5-12,15-17H,13-14H2,1-4H3,(H,26,29). The van der Waals surface area contributed by atoms with Crippen molar-refractivity contribution in [2.45, 2.75) is 58.1 Å². The fourth-order valence-electron chi connectivity index (χ4n) is 3.86. The third-order valence-electron chi connectivity index (χ3n) is 5.32. The Bertz CT molecular complexity index is 1140. The number of fused-ring (bicyclic) bond motifs is 1. The summed E-state index contributed by atoms with van der Waals surface area (Å²) in [6, 6.07) is 17.2. The Morgan fingerprint density at radius 1 is 1.10 bits per heavy atom. The molecule has 0 saturated heterocycles. The van der Waals surface area contributed by atoms with Crippen molar-refractivity contribution >= 4 is 16.9 Å². The van der Waals surface area contributed by atoms with Gasteiger partial charge in [0, 0.05) is 11.4 Å². The minimum absolute atomic E-state index is 0.0472. The SMILES string of the molecule is CC(NC(=O)OC(C)(C)C)c1cc2cccc(C3CC3)c2c(=O)n1-c1ccccc1. The number of amides is 1. The first kappa shape index (κ1) is 20.2. The first-order chi connectivity index (χ1) is 14.2. The predicted molar refractivity (Wildman–Crippen MR) is 119 cm³/mol. The number of para-hydroxylation sites is 1. The monoisotopic (exact) mass is 404 g/mol. The van der Waals surface area contributed by atoms with Crippen molar-refractivity contribution in [1.29, 1.82) is 0 Å². The van der Waals surface area contributed by atoms with Gasteiger partial charge in [-0.25, -0.2) is 4.79 Å². The molecule has 5 nitrogen and oxygen atoms in total. The average Bonchev–Trinajstić information content (AvgIpc) is 3.51. The fourth-order valence-corrected chi connectivity index (χ4v) is 3.86. The van der Waals surface area contributed by atoms with Crippen LogP contribution in [0, 0.1) is 0 Å². The summed E-state index contributed by atoms with van der Waals surface area (Å²) in [4.78, 5) is 26.1. The van der Waals surface area contributed by atoms with Gasteiger partial charge in [0.25, 0.3) is 5.56 Å². The number of pyridine rings is 1. The lowest BCUT2D eigenvalue weighted by atomic mass is 10.0. The van der Waals surface area contributed by atoms with Gasteiger partial charge in [0.1, 0.15) is 5.60 Å². The number of rotatable bonds is 4. The quantitative estimate of drug-likeness (QED) is 0.629. The molecule has 1 atom stereocenters. The summed E-state index contributed by atoms with van der Waals surface area (Å²) in [7, 11) is 0. The summed E-state index contributed by atoms with van der Waals surface area (Å²) >= 11 is 0. The van der Waals surface area contributed by atoms with E-state index in [9.17, 15) is 9.59 Å². The van der Waals surface area contributed by atoms with Crippen molar-refractivity contribution in [2.24, 2.45) is 0 Å². The minimum Gasteiger partial charge on any atom is -0.444 e. The number of nitrogens with one attached hydrogen (secondary N) is 1. The second-order valence-corrected chi connectivity index (χ2v) is 9.00. The average molecular weight is 405 g/mol. The van der Waals surface area contributed by atoms with Gasteiger partial charge in [-0.3, -0.25) is 9.36 Å². The van der Waals surface area contributed by atoms with Crippen LogP contribution in [0.3, 0.4) is 0 Å². The minimum atomic E-state index is -0.592. The summed E-state index contributed by atoms with van der Waals surface area (Å²) < 4.78 is 7.13. The molecule has 3 aromatic rings. The Kier molecular flexibility index (Phi) is 5.14. The van der Waals surface area contributed by atoms with Crippen LogP contribution in [0.5, 0.6) is 0 Å². The Morgan fingerprint density at radius 2 is 1.80 bits per heavy atom. The number of benzene rings is 2. The molecular formula is C25H28N2O3. The van der Waals surface area contributed by atoms with Gasteiger partial charge in [-0.05, 0) is 75.6 Å². The van der Waals surface area contributed by atoms with Gasteiger partial charge in [0.2, 0.25) is 0 Å². The molecule has 1 heterocycles. The van der Waals surface area contributed by atoms with Crippen LogP contribution in [-0.2, 0) is 4.74 Å². The van der Waals surface area contributed by atoms with Gasteiger partial charge >= 0.3 is 6.09 Å². The highest BCUT2D eigenvalue weighted by Crippen LogP contribution is 2.42. The molecule has 0 aliphatic heterocycles. The molecule has 156 valence electrons. The lowest BCUT2D eigenvalue weighted by Crippen LogP contribution is -2.36. The molecule has 1 fully saturated rings. The zero-order chi connectivity index (χ0) is 21.5. The molecule has 1 saturated carbocycles. The molecule has 2 aromatic carbocycles. The molecule has 1 aliphatic carbocycles. The molecule has 1 unspecified atom stereocenters. The number of hydrogen-bond donors (Lipinski definition) is 1. The van der Waals surface area contributed by atoms with Crippen molar-refractivity contribution in [3.05, 3.63) is 76.2 Å². The molecule has 0 bridgehead atoms. The third kappa shape index (κ3) is 4.11. The number of nitrogens with zero attached hydrogens (tertiary/aromatic N) is 1. The van der Waals surface area contributed by atoms with Crippen LogP contribution in [0.15, 0.2) is 59.4 Å². The van der Waals surface area contributed by atoms with E-state index in [2.05, 4.69) is 11.4 Å². The smallest absolute Gasteiger partial charge is 0.408 e. The van der Waals surface area contributed by atoms with Gasteiger partial charge in [-0.1, -0.05) is 36.4 Å². The first-order valence-electron chi connectivity index (χ1n) is 10.5. The predicted octanol–water partition coefficient (Wildman–Crippen LogP) is 5.45. The lowest BCUT2D eigenvalue weighted by Gasteiger charge is -2.24. The zero-order valence-electron chi connectivity index (χ0n) is 17.9. The molecule has 1 amide bonds. The van der Waals surface area contributed by atoms with Gasteiger partial charge in [-0.15, -0.1) is 0 Å². The Balaban J connectivity index is 1.86. The maximum absolute atomic E-state index is 13.7. The first-order valence-corrected chi connectivity index (χ1v) is 10.5. The summed E-state index contributed by atoms with van der Waals surface area (Å²) in [5.74, 6) is 0.466. The van der Waals surface area contributed by atoms with Crippen molar-refractivity contribution in [3.63, 3.8) is 0 Å². The molecular weight excluding hydrogens is 376 g/mol. The summed E-state index contributed by atoms with van der Waals surface area (Å²) in [5.41, 5.74) is 1.99. The summed E-state index contributed by atoms with van der Waals surface area (Å²) in [5, 5.41) is 4.57. The van der Waals surface area contributed by atoms with Crippen LogP contribution >= 0.6 is 0 Å².